The quantitative estimate of drug-likeness (QED) is 0.183. The molecule has 1 amide bonds. The molecule has 0 bridgehead atoms. The van der Waals surface area contributed by atoms with E-state index >= 15 is 0 Å². The number of benzene rings is 2. The Balaban J connectivity index is 1.46. The maximum Gasteiger partial charge on any atom is 0.421 e. The van der Waals surface area contributed by atoms with Gasteiger partial charge in [-0.2, -0.15) is 18.2 Å². The molecule has 5 rings (SSSR count). The van der Waals surface area contributed by atoms with Gasteiger partial charge in [0.1, 0.15) is 16.4 Å². The molecule has 1 saturated heterocycles. The number of hydrogen-bond donors (Lipinski definition) is 3. The number of ether oxygens (including phenoxy) is 2. The fourth-order valence-electron chi connectivity index (χ4n) is 4.09. The van der Waals surface area contributed by atoms with Crippen molar-refractivity contribution in [1.29, 1.82) is 0 Å². The Hall–Kier alpha value is -4.69. The maximum absolute atomic E-state index is 13.9. The van der Waals surface area contributed by atoms with Gasteiger partial charge >= 0.3 is 18.2 Å². The molecule has 1 aliphatic rings. The van der Waals surface area contributed by atoms with E-state index in [0.717, 1.165) is 30.1 Å². The van der Waals surface area contributed by atoms with Crippen molar-refractivity contribution in [3.8, 4) is 10.4 Å². The minimum atomic E-state index is -4.81. The van der Waals surface area contributed by atoms with Crippen LogP contribution in [0.2, 0.25) is 0 Å². The normalized spacial score (nSPS) is 13.5. The topological polar surface area (TPSA) is 132 Å². The van der Waals surface area contributed by atoms with Crippen LogP contribution in [0.25, 0.3) is 10.4 Å². The van der Waals surface area contributed by atoms with Crippen LogP contribution >= 0.6 is 11.3 Å². The lowest BCUT2D eigenvalue weighted by Gasteiger charge is -2.28. The number of nitrogens with two attached hydrogens (primary N) is 1. The first kappa shape index (κ1) is 27.9. The van der Waals surface area contributed by atoms with Crippen molar-refractivity contribution in [2.24, 2.45) is 5.73 Å². The lowest BCUT2D eigenvalue weighted by molar-refractivity contribution is -0.137. The van der Waals surface area contributed by atoms with Crippen LogP contribution in [0.4, 0.5) is 46.1 Å². The van der Waals surface area contributed by atoms with Gasteiger partial charge in [0, 0.05) is 35.5 Å². The van der Waals surface area contributed by atoms with Crippen molar-refractivity contribution in [1.82, 2.24) is 9.97 Å². The van der Waals surface area contributed by atoms with Gasteiger partial charge in [-0.15, -0.1) is 11.3 Å². The number of anilines is 5. The Morgan fingerprint density at radius 1 is 1.02 bits per heavy atom. The molecule has 4 aromatic rings. The molecule has 0 unspecified atom stereocenters. The summed E-state index contributed by atoms with van der Waals surface area (Å²) < 4.78 is 51.7. The molecule has 2 aromatic carbocycles. The summed E-state index contributed by atoms with van der Waals surface area (Å²) in [7, 11) is 0. The number of thiophene rings is 1. The number of carbonyl (C=O) groups excluding carboxylic acids is 2. The van der Waals surface area contributed by atoms with Crippen molar-refractivity contribution in [3.63, 3.8) is 0 Å². The van der Waals surface area contributed by atoms with Gasteiger partial charge in [-0.05, 0) is 35.9 Å². The summed E-state index contributed by atoms with van der Waals surface area (Å²) >= 11 is 0.981. The van der Waals surface area contributed by atoms with Gasteiger partial charge < -0.3 is 30.7 Å². The van der Waals surface area contributed by atoms with E-state index in [-0.39, 0.29) is 16.5 Å². The minimum absolute atomic E-state index is 0.0277. The number of rotatable bonds is 7. The summed E-state index contributed by atoms with van der Waals surface area (Å²) in [6, 6.07) is 17.5. The van der Waals surface area contributed by atoms with Crippen LogP contribution in [0.15, 0.2) is 66.9 Å². The van der Waals surface area contributed by atoms with Crippen LogP contribution in [-0.2, 0) is 15.7 Å². The Morgan fingerprint density at radius 3 is 2.39 bits per heavy atom. The third kappa shape index (κ3) is 6.73. The van der Waals surface area contributed by atoms with Gasteiger partial charge in [0.2, 0.25) is 5.95 Å². The lowest BCUT2D eigenvalue weighted by atomic mass is 10.1. The monoisotopic (exact) mass is 584 g/mol. The number of aromatic nitrogens is 2. The first-order valence-electron chi connectivity index (χ1n) is 12.3. The average Bonchev–Trinajstić information content (AvgIpc) is 3.37. The van der Waals surface area contributed by atoms with Crippen molar-refractivity contribution >= 4 is 51.5 Å². The van der Waals surface area contributed by atoms with Crippen molar-refractivity contribution in [2.75, 3.05) is 41.8 Å². The molecule has 4 N–H and O–H groups in total. The van der Waals surface area contributed by atoms with Crippen LogP contribution in [0.1, 0.15) is 15.9 Å². The summed E-state index contributed by atoms with van der Waals surface area (Å²) in [6.07, 6.45) is -5.52. The Morgan fingerprint density at radius 2 is 1.73 bits per heavy atom. The van der Waals surface area contributed by atoms with E-state index in [1.807, 2.05) is 12.1 Å². The van der Waals surface area contributed by atoms with E-state index < -0.39 is 29.6 Å². The van der Waals surface area contributed by atoms with Crippen LogP contribution in [-0.4, -0.2) is 48.3 Å². The largest absolute Gasteiger partial charge is 0.421 e. The Labute approximate surface area is 235 Å². The molecular formula is C27H23F3N6O4S. The first-order chi connectivity index (χ1) is 19.7. The third-order valence-corrected chi connectivity index (χ3v) is 7.13. The lowest BCUT2D eigenvalue weighted by Crippen LogP contribution is -2.36. The van der Waals surface area contributed by atoms with Crippen molar-refractivity contribution in [3.05, 3.63) is 78.0 Å². The number of hydrogen-bond acceptors (Lipinski definition) is 10. The van der Waals surface area contributed by atoms with Gasteiger partial charge in [0.25, 0.3) is 0 Å². The zero-order valence-electron chi connectivity index (χ0n) is 21.3. The molecule has 2 aromatic heterocycles. The number of morpholine rings is 1. The van der Waals surface area contributed by atoms with Gasteiger partial charge in [0.15, 0.2) is 0 Å². The van der Waals surface area contributed by atoms with E-state index in [4.69, 9.17) is 10.5 Å². The molecule has 10 nitrogen and oxygen atoms in total. The average molecular weight is 585 g/mol. The number of amides is 1. The number of nitrogens with one attached hydrogen (secondary N) is 2. The molecule has 0 radical (unpaired) electrons. The maximum atomic E-state index is 13.9. The standard InChI is InChI=1S/C27H23F3N6O4S/c28-27(29,30)20-15-32-26(33-17-6-8-18(9-7-17)36-10-12-39-13-11-36)35-22(20)34-23-19(24(37)40-25(31)38)14-21(41-23)16-4-2-1-3-5-16/h1-9,14-15H,10-13H2,(H2,31,38)(H2,32,33,34,35). The molecule has 1 fully saturated rings. The zero-order valence-corrected chi connectivity index (χ0v) is 22.1. The molecule has 0 saturated carbocycles. The third-order valence-electron chi connectivity index (χ3n) is 6.03. The van der Waals surface area contributed by atoms with E-state index in [2.05, 4.69) is 30.2 Å². The molecular weight excluding hydrogens is 561 g/mol. The molecule has 3 heterocycles. The predicted octanol–water partition coefficient (Wildman–Crippen LogP) is 5.78. The zero-order chi connectivity index (χ0) is 29.0. The second kappa shape index (κ2) is 11.8. The van der Waals surface area contributed by atoms with Gasteiger partial charge in [0.05, 0.1) is 18.8 Å². The molecule has 0 spiro atoms. The number of alkyl halides is 3. The first-order valence-corrected chi connectivity index (χ1v) is 13.1. The smallest absolute Gasteiger partial charge is 0.378 e. The number of carbonyl (C=O) groups is 2. The van der Waals surface area contributed by atoms with Crippen LogP contribution in [0, 0.1) is 0 Å². The summed E-state index contributed by atoms with van der Waals surface area (Å²) in [5, 5.41) is 5.49. The molecule has 0 aliphatic carbocycles. The highest BCUT2D eigenvalue weighted by molar-refractivity contribution is 7.19. The summed E-state index contributed by atoms with van der Waals surface area (Å²) in [5.41, 5.74) is 5.88. The van der Waals surface area contributed by atoms with Crippen molar-refractivity contribution in [2.45, 2.75) is 6.18 Å². The summed E-state index contributed by atoms with van der Waals surface area (Å²) in [6.45, 7) is 2.78. The molecule has 0 atom stereocenters. The van der Waals surface area contributed by atoms with Crippen molar-refractivity contribution < 1.29 is 32.2 Å². The predicted molar refractivity (Wildman–Crippen MR) is 148 cm³/mol. The highest BCUT2D eigenvalue weighted by Crippen LogP contribution is 2.40. The highest BCUT2D eigenvalue weighted by Gasteiger charge is 2.36. The van der Waals surface area contributed by atoms with E-state index in [0.29, 0.717) is 35.5 Å². The van der Waals surface area contributed by atoms with Crippen LogP contribution in [0.5, 0.6) is 0 Å². The van der Waals surface area contributed by atoms with Gasteiger partial charge in [-0.25, -0.2) is 14.6 Å². The van der Waals surface area contributed by atoms with Crippen LogP contribution in [0.3, 0.4) is 0 Å². The SMILES string of the molecule is NC(=O)OC(=O)c1cc(-c2ccccc2)sc1Nc1nc(Nc2ccc(N3CCOCC3)cc2)ncc1C(F)(F)F. The van der Waals surface area contributed by atoms with Crippen LogP contribution < -0.4 is 21.3 Å². The summed E-state index contributed by atoms with van der Waals surface area (Å²) in [5.74, 6) is -1.84. The Kier molecular flexibility index (Phi) is 8.03. The van der Waals surface area contributed by atoms with Gasteiger partial charge in [-0.1, -0.05) is 30.3 Å². The Bertz CT molecular complexity index is 1540. The number of primary amides is 1. The second-order valence-corrected chi connectivity index (χ2v) is 9.83. The number of halogens is 3. The molecule has 212 valence electrons. The fourth-order valence-corrected chi connectivity index (χ4v) is 5.14. The van der Waals surface area contributed by atoms with E-state index in [1.54, 1.807) is 42.5 Å². The fraction of sp³-hybridized carbons (Fsp3) is 0.185. The molecule has 1 aliphatic heterocycles. The second-order valence-electron chi connectivity index (χ2n) is 8.78. The molecule has 14 heteroatoms. The van der Waals surface area contributed by atoms with E-state index in [1.165, 1.54) is 6.07 Å². The number of nitrogens with zero attached hydrogens (tertiary/aromatic N) is 3. The molecule has 41 heavy (non-hydrogen) atoms. The minimum Gasteiger partial charge on any atom is -0.378 e. The van der Waals surface area contributed by atoms with Gasteiger partial charge in [-0.3, -0.25) is 0 Å². The highest BCUT2D eigenvalue weighted by atomic mass is 32.1. The number of esters is 1. The van der Waals surface area contributed by atoms with E-state index in [9.17, 15) is 22.8 Å². The summed E-state index contributed by atoms with van der Waals surface area (Å²) in [4.78, 5) is 34.4.